The summed E-state index contributed by atoms with van der Waals surface area (Å²) in [6.45, 7) is 2.43. The van der Waals surface area contributed by atoms with Crippen molar-refractivity contribution in [1.82, 2.24) is 20.2 Å². The van der Waals surface area contributed by atoms with Crippen molar-refractivity contribution < 1.29 is 14.3 Å². The minimum atomic E-state index is -0.599. The molecule has 0 bridgehead atoms. The van der Waals surface area contributed by atoms with Crippen LogP contribution in [-0.2, 0) is 13.1 Å². The van der Waals surface area contributed by atoms with Crippen molar-refractivity contribution >= 4 is 6.03 Å². The van der Waals surface area contributed by atoms with E-state index in [9.17, 15) is 9.18 Å². The number of urea groups is 1. The lowest BCUT2D eigenvalue weighted by Gasteiger charge is -2.10. The standard InChI is InChI=1S/C15H19FN4O2/c1-11(21)7-18-15(22)19-8-12-2-3-14(16)13(6-12)9-20-5-4-17-10-20/h2-6,10-11,21H,7-9H2,1H3,(H2,18,19,22)/t11-/m0/s1. The van der Waals surface area contributed by atoms with E-state index < -0.39 is 6.10 Å². The topological polar surface area (TPSA) is 79.2 Å². The Hall–Kier alpha value is -2.41. The van der Waals surface area contributed by atoms with Gasteiger partial charge in [0.25, 0.3) is 0 Å². The van der Waals surface area contributed by atoms with Gasteiger partial charge in [-0.15, -0.1) is 0 Å². The number of hydrogen-bond donors (Lipinski definition) is 3. The van der Waals surface area contributed by atoms with E-state index in [-0.39, 0.29) is 24.9 Å². The summed E-state index contributed by atoms with van der Waals surface area (Å²) in [7, 11) is 0. The van der Waals surface area contributed by atoms with Crippen molar-refractivity contribution in [1.29, 1.82) is 0 Å². The van der Waals surface area contributed by atoms with Gasteiger partial charge < -0.3 is 20.3 Å². The largest absolute Gasteiger partial charge is 0.392 e. The monoisotopic (exact) mass is 306 g/mol. The number of imidazole rings is 1. The number of nitrogens with zero attached hydrogens (tertiary/aromatic N) is 2. The van der Waals surface area contributed by atoms with Gasteiger partial charge in [-0.25, -0.2) is 14.2 Å². The average molecular weight is 306 g/mol. The van der Waals surface area contributed by atoms with Crippen molar-refractivity contribution in [2.24, 2.45) is 0 Å². The number of carbonyl (C=O) groups excluding carboxylic acids is 1. The molecule has 0 saturated heterocycles. The van der Waals surface area contributed by atoms with Gasteiger partial charge in [0.2, 0.25) is 0 Å². The van der Waals surface area contributed by atoms with Crippen LogP contribution in [0.15, 0.2) is 36.9 Å². The molecule has 1 aromatic carbocycles. The molecule has 22 heavy (non-hydrogen) atoms. The van der Waals surface area contributed by atoms with Crippen LogP contribution < -0.4 is 10.6 Å². The number of aliphatic hydroxyl groups is 1. The van der Waals surface area contributed by atoms with Crippen LogP contribution in [0.1, 0.15) is 18.1 Å². The van der Waals surface area contributed by atoms with E-state index in [2.05, 4.69) is 15.6 Å². The van der Waals surface area contributed by atoms with Crippen molar-refractivity contribution in [3.63, 3.8) is 0 Å². The van der Waals surface area contributed by atoms with E-state index in [0.29, 0.717) is 12.1 Å². The van der Waals surface area contributed by atoms with Crippen molar-refractivity contribution in [2.45, 2.75) is 26.1 Å². The number of nitrogens with one attached hydrogen (secondary N) is 2. The smallest absolute Gasteiger partial charge is 0.315 e. The molecular formula is C15H19FN4O2. The van der Waals surface area contributed by atoms with Gasteiger partial charge in [0.15, 0.2) is 0 Å². The first kappa shape index (κ1) is 16.0. The molecule has 0 fully saturated rings. The molecule has 1 aromatic heterocycles. The molecule has 0 aliphatic carbocycles. The molecule has 3 N–H and O–H groups in total. The van der Waals surface area contributed by atoms with Gasteiger partial charge in [-0.05, 0) is 24.6 Å². The number of rotatable bonds is 6. The number of benzene rings is 1. The maximum absolute atomic E-state index is 13.8. The first-order valence-electron chi connectivity index (χ1n) is 6.97. The van der Waals surface area contributed by atoms with Crippen LogP contribution in [0, 0.1) is 5.82 Å². The third kappa shape index (κ3) is 4.85. The molecule has 2 rings (SSSR count). The van der Waals surface area contributed by atoms with Gasteiger partial charge in [0.1, 0.15) is 5.82 Å². The Balaban J connectivity index is 1.93. The molecule has 2 aromatic rings. The lowest BCUT2D eigenvalue weighted by Crippen LogP contribution is -2.38. The maximum atomic E-state index is 13.8. The summed E-state index contributed by atoms with van der Waals surface area (Å²) in [6.07, 6.45) is 4.41. The highest BCUT2D eigenvalue weighted by molar-refractivity contribution is 5.73. The molecule has 0 aliphatic rings. The predicted molar refractivity (Wildman–Crippen MR) is 79.6 cm³/mol. The van der Waals surface area contributed by atoms with E-state index in [1.807, 2.05) is 0 Å². The van der Waals surface area contributed by atoms with E-state index in [0.717, 1.165) is 5.56 Å². The Morgan fingerprint density at radius 1 is 1.45 bits per heavy atom. The fourth-order valence-electron chi connectivity index (χ4n) is 1.92. The lowest BCUT2D eigenvalue weighted by atomic mass is 10.1. The average Bonchev–Trinajstić information content (AvgIpc) is 2.99. The van der Waals surface area contributed by atoms with Crippen LogP contribution in [0.25, 0.3) is 0 Å². The highest BCUT2D eigenvalue weighted by Crippen LogP contribution is 2.12. The number of aliphatic hydroxyl groups excluding tert-OH is 1. The van der Waals surface area contributed by atoms with Gasteiger partial charge in [-0.1, -0.05) is 6.07 Å². The Labute approximate surface area is 128 Å². The number of amides is 2. The van der Waals surface area contributed by atoms with Crippen LogP contribution in [0.4, 0.5) is 9.18 Å². The quantitative estimate of drug-likeness (QED) is 0.751. The van der Waals surface area contributed by atoms with E-state index in [4.69, 9.17) is 5.11 Å². The van der Waals surface area contributed by atoms with Gasteiger partial charge in [0.05, 0.1) is 19.0 Å². The summed E-state index contributed by atoms with van der Waals surface area (Å²) in [4.78, 5) is 15.4. The Bertz CT molecular complexity index is 614. The van der Waals surface area contributed by atoms with Gasteiger partial charge in [-0.2, -0.15) is 0 Å². The molecule has 0 aliphatic heterocycles. The minimum absolute atomic E-state index is 0.182. The normalized spacial score (nSPS) is 12.0. The summed E-state index contributed by atoms with van der Waals surface area (Å²) in [5.74, 6) is -0.295. The molecule has 7 heteroatoms. The minimum Gasteiger partial charge on any atom is -0.392 e. The summed E-state index contributed by atoms with van der Waals surface area (Å²) < 4.78 is 15.6. The number of aromatic nitrogens is 2. The fraction of sp³-hybridized carbons (Fsp3) is 0.333. The molecule has 1 atom stereocenters. The van der Waals surface area contributed by atoms with Gasteiger partial charge in [-0.3, -0.25) is 0 Å². The molecule has 0 unspecified atom stereocenters. The molecule has 1 heterocycles. The molecule has 0 radical (unpaired) electrons. The summed E-state index contributed by atoms with van der Waals surface area (Å²) in [5, 5.41) is 14.3. The molecule has 0 saturated carbocycles. The zero-order valence-corrected chi connectivity index (χ0v) is 12.3. The van der Waals surface area contributed by atoms with Crippen molar-refractivity contribution in [3.05, 3.63) is 53.9 Å². The second kappa shape index (κ2) is 7.56. The van der Waals surface area contributed by atoms with Crippen LogP contribution >= 0.6 is 0 Å². The number of halogens is 1. The maximum Gasteiger partial charge on any atom is 0.315 e. The van der Waals surface area contributed by atoms with Crippen LogP contribution in [0.3, 0.4) is 0 Å². The highest BCUT2D eigenvalue weighted by Gasteiger charge is 2.06. The summed E-state index contributed by atoms with van der Waals surface area (Å²) >= 11 is 0. The zero-order chi connectivity index (χ0) is 15.9. The van der Waals surface area contributed by atoms with Gasteiger partial charge >= 0.3 is 6.03 Å². The van der Waals surface area contributed by atoms with Crippen LogP contribution in [0.5, 0.6) is 0 Å². The first-order chi connectivity index (χ1) is 10.5. The van der Waals surface area contributed by atoms with E-state index in [1.165, 1.54) is 6.07 Å². The SMILES string of the molecule is C[C@H](O)CNC(=O)NCc1ccc(F)c(Cn2ccnc2)c1. The summed E-state index contributed by atoms with van der Waals surface area (Å²) in [5.41, 5.74) is 1.32. The van der Waals surface area contributed by atoms with Crippen LogP contribution in [0.2, 0.25) is 0 Å². The van der Waals surface area contributed by atoms with Gasteiger partial charge in [0, 0.05) is 31.0 Å². The van der Waals surface area contributed by atoms with E-state index in [1.54, 1.807) is 42.3 Å². The highest BCUT2D eigenvalue weighted by atomic mass is 19.1. The first-order valence-corrected chi connectivity index (χ1v) is 6.97. The fourth-order valence-corrected chi connectivity index (χ4v) is 1.92. The number of hydrogen-bond acceptors (Lipinski definition) is 3. The second-order valence-electron chi connectivity index (χ2n) is 5.07. The third-order valence-corrected chi connectivity index (χ3v) is 3.03. The third-order valence-electron chi connectivity index (χ3n) is 3.03. The van der Waals surface area contributed by atoms with Crippen molar-refractivity contribution in [3.8, 4) is 0 Å². The van der Waals surface area contributed by atoms with Crippen molar-refractivity contribution in [2.75, 3.05) is 6.54 Å². The van der Waals surface area contributed by atoms with Crippen LogP contribution in [-0.4, -0.2) is 33.3 Å². The molecule has 2 amide bonds. The molecular weight excluding hydrogens is 287 g/mol. The molecule has 6 nitrogen and oxygen atoms in total. The Morgan fingerprint density at radius 3 is 2.95 bits per heavy atom. The number of carbonyl (C=O) groups is 1. The Morgan fingerprint density at radius 2 is 2.27 bits per heavy atom. The summed E-state index contributed by atoms with van der Waals surface area (Å²) in [6, 6.07) is 4.35. The predicted octanol–water partition coefficient (Wildman–Crippen LogP) is 1.25. The Kier molecular flexibility index (Phi) is 5.48. The lowest BCUT2D eigenvalue weighted by molar-refractivity contribution is 0.187. The second-order valence-corrected chi connectivity index (χ2v) is 5.07. The zero-order valence-electron chi connectivity index (χ0n) is 12.3. The molecule has 118 valence electrons. The molecule has 0 spiro atoms. The van der Waals surface area contributed by atoms with E-state index >= 15 is 0 Å².